The van der Waals surface area contributed by atoms with E-state index in [1.165, 1.54) is 11.1 Å². The van der Waals surface area contributed by atoms with E-state index in [0.717, 1.165) is 18.2 Å². The van der Waals surface area contributed by atoms with Gasteiger partial charge in [0, 0.05) is 37.7 Å². The number of piperazine rings is 1. The maximum Gasteiger partial charge on any atom is 0.572 e. The zero-order valence-corrected chi connectivity index (χ0v) is 17.9. The number of hydrogen-bond acceptors (Lipinski definition) is 6. The Kier molecular flexibility index (Phi) is 7.57. The van der Waals surface area contributed by atoms with Crippen LogP contribution in [0.2, 0.25) is 0 Å². The Morgan fingerprint density at radius 2 is 2.15 bits per heavy atom. The van der Waals surface area contributed by atoms with Crippen LogP contribution in [0.25, 0.3) is 0 Å². The summed E-state index contributed by atoms with van der Waals surface area (Å²) in [5.74, 6) is -1.67. The number of allylic oxidation sites excluding steroid dienone is 5. The number of rotatable bonds is 5. The lowest BCUT2D eigenvalue weighted by atomic mass is 9.98. The molecule has 1 aliphatic carbocycles. The summed E-state index contributed by atoms with van der Waals surface area (Å²) >= 11 is 5.93. The number of carbonyl (C=O) groups excluding carboxylic acids is 2. The highest BCUT2D eigenvalue weighted by Gasteiger charge is 2.34. The molecule has 3 aliphatic rings. The lowest BCUT2D eigenvalue weighted by Crippen LogP contribution is -2.51. The number of alkyl halides is 4. The van der Waals surface area contributed by atoms with Crippen molar-refractivity contribution in [2.75, 3.05) is 19.6 Å². The molecule has 0 aromatic heterocycles. The first-order valence-corrected chi connectivity index (χ1v) is 10.2. The summed E-state index contributed by atoms with van der Waals surface area (Å²) in [7, 11) is 0. The summed E-state index contributed by atoms with van der Waals surface area (Å²) in [5.41, 5.74) is 5.52. The first-order valence-electron chi connectivity index (χ1n) is 9.82. The summed E-state index contributed by atoms with van der Waals surface area (Å²) in [6, 6.07) is -0.578. The van der Waals surface area contributed by atoms with Crippen LogP contribution >= 0.6 is 11.6 Å². The van der Waals surface area contributed by atoms with Gasteiger partial charge in [0.05, 0.1) is 24.0 Å². The van der Waals surface area contributed by atoms with Crippen molar-refractivity contribution < 1.29 is 31.9 Å². The molecular formula is C20H20ClF4N5O3. The average Bonchev–Trinajstić information content (AvgIpc) is 2.71. The van der Waals surface area contributed by atoms with Gasteiger partial charge in [-0.05, 0) is 24.3 Å². The number of carbonyl (C=O) groups is 2. The average molecular weight is 490 g/mol. The number of hydrogen-bond donors (Lipinski definition) is 2. The van der Waals surface area contributed by atoms with Crippen LogP contribution in [-0.2, 0) is 14.3 Å². The molecule has 0 aromatic carbocycles. The molecule has 0 bridgehead atoms. The summed E-state index contributed by atoms with van der Waals surface area (Å²) < 4.78 is 56.2. The van der Waals surface area contributed by atoms with Crippen molar-refractivity contribution in [1.29, 1.82) is 0 Å². The Morgan fingerprint density at radius 1 is 1.39 bits per heavy atom. The van der Waals surface area contributed by atoms with Gasteiger partial charge in [-0.15, -0.1) is 13.2 Å². The molecule has 1 fully saturated rings. The van der Waals surface area contributed by atoms with Crippen LogP contribution in [0.1, 0.15) is 12.8 Å². The fraction of sp³-hybridized carbons (Fsp3) is 0.400. The first kappa shape index (κ1) is 24.5. The fourth-order valence-electron chi connectivity index (χ4n) is 3.29. The van der Waals surface area contributed by atoms with E-state index >= 15 is 0 Å². The van der Waals surface area contributed by atoms with Gasteiger partial charge in [-0.25, -0.2) is 9.38 Å². The zero-order chi connectivity index (χ0) is 24.2. The highest BCUT2D eigenvalue weighted by molar-refractivity contribution is 6.65. The van der Waals surface area contributed by atoms with Crippen molar-refractivity contribution in [3.8, 4) is 0 Å². The lowest BCUT2D eigenvalue weighted by Gasteiger charge is -2.26. The minimum atomic E-state index is -5.00. The lowest BCUT2D eigenvalue weighted by molar-refractivity contribution is -0.306. The maximum absolute atomic E-state index is 14.2. The molecule has 2 unspecified atom stereocenters. The van der Waals surface area contributed by atoms with E-state index in [0.29, 0.717) is 0 Å². The molecule has 2 aliphatic heterocycles. The number of nitrogens with one attached hydrogen (secondary N) is 1. The van der Waals surface area contributed by atoms with Crippen LogP contribution in [0.3, 0.4) is 0 Å². The monoisotopic (exact) mass is 489 g/mol. The molecule has 0 aromatic rings. The van der Waals surface area contributed by atoms with Crippen molar-refractivity contribution >= 4 is 34.3 Å². The second-order valence-electron chi connectivity index (χ2n) is 7.31. The van der Waals surface area contributed by atoms with Crippen molar-refractivity contribution in [2.24, 2.45) is 15.7 Å². The highest BCUT2D eigenvalue weighted by atomic mass is 35.5. The largest absolute Gasteiger partial charge is 0.572 e. The topological polar surface area (TPSA) is 109 Å². The van der Waals surface area contributed by atoms with Gasteiger partial charge in [0.1, 0.15) is 17.1 Å². The Labute approximate surface area is 191 Å². The van der Waals surface area contributed by atoms with Gasteiger partial charge in [-0.2, -0.15) is 0 Å². The summed E-state index contributed by atoms with van der Waals surface area (Å²) in [5, 5.41) is 2.82. The highest BCUT2D eigenvalue weighted by Crippen LogP contribution is 2.29. The Morgan fingerprint density at radius 3 is 2.82 bits per heavy atom. The fourth-order valence-corrected chi connectivity index (χ4v) is 3.50. The third kappa shape index (κ3) is 7.17. The predicted molar refractivity (Wildman–Crippen MR) is 113 cm³/mol. The minimum absolute atomic E-state index is 0.0473. The summed E-state index contributed by atoms with van der Waals surface area (Å²) in [6.45, 7) is 0.275. The number of nitrogens with zero attached hydrogens (tertiary/aromatic N) is 3. The van der Waals surface area contributed by atoms with Crippen LogP contribution in [0.4, 0.5) is 17.6 Å². The molecular weight excluding hydrogens is 470 g/mol. The molecule has 178 valence electrons. The Bertz CT molecular complexity index is 1000. The smallest absolute Gasteiger partial charge is 0.410 e. The number of amides is 2. The number of halogens is 5. The normalized spacial score (nSPS) is 24.6. The quantitative estimate of drug-likeness (QED) is 0.350. The van der Waals surface area contributed by atoms with E-state index < -0.39 is 36.7 Å². The van der Waals surface area contributed by atoms with Crippen molar-refractivity contribution in [3.05, 3.63) is 47.5 Å². The molecule has 1 saturated heterocycles. The molecule has 13 heteroatoms. The molecule has 8 nitrogen and oxygen atoms in total. The molecule has 0 spiro atoms. The van der Waals surface area contributed by atoms with Crippen molar-refractivity contribution in [1.82, 2.24) is 10.2 Å². The van der Waals surface area contributed by atoms with Crippen LogP contribution in [0.15, 0.2) is 57.5 Å². The van der Waals surface area contributed by atoms with Crippen LogP contribution < -0.4 is 11.1 Å². The number of aliphatic imine (C=N–C) groups is 2. The maximum atomic E-state index is 14.2. The molecule has 3 rings (SSSR count). The molecule has 2 atom stereocenters. The summed E-state index contributed by atoms with van der Waals surface area (Å²) in [6.07, 6.45) is -1.02. The Hall–Kier alpha value is -3.15. The van der Waals surface area contributed by atoms with E-state index in [1.54, 1.807) is 6.08 Å². The van der Waals surface area contributed by atoms with Gasteiger partial charge < -0.3 is 20.7 Å². The predicted octanol–water partition coefficient (Wildman–Crippen LogP) is 2.24. The molecule has 2 amide bonds. The molecule has 0 saturated carbocycles. The van der Waals surface area contributed by atoms with E-state index in [9.17, 15) is 27.2 Å². The van der Waals surface area contributed by atoms with Crippen LogP contribution in [0.5, 0.6) is 0 Å². The minimum Gasteiger partial charge on any atom is -0.410 e. The van der Waals surface area contributed by atoms with Gasteiger partial charge in [0.15, 0.2) is 0 Å². The van der Waals surface area contributed by atoms with Crippen molar-refractivity contribution in [3.63, 3.8) is 0 Å². The standard InChI is InChI=1S/C20H20ClF4N5O3/c21-17-8-13(1-2-27-17)29-16(9-15(26)19(32)30-4-3-28-18(31)10-30)11-5-12(22)7-14(6-11)33-20(23,24)25/h1-2,5-6,9,12-13H,3-4,7-8,10,26H2,(H,28,31). The van der Waals surface area contributed by atoms with Gasteiger partial charge in [0.25, 0.3) is 5.91 Å². The third-order valence-corrected chi connectivity index (χ3v) is 4.94. The van der Waals surface area contributed by atoms with E-state index in [2.05, 4.69) is 20.0 Å². The van der Waals surface area contributed by atoms with E-state index in [-0.39, 0.29) is 54.1 Å². The van der Waals surface area contributed by atoms with Gasteiger partial charge in [0.2, 0.25) is 5.91 Å². The second kappa shape index (κ2) is 10.2. The van der Waals surface area contributed by atoms with Crippen LogP contribution in [0, 0.1) is 0 Å². The van der Waals surface area contributed by atoms with Gasteiger partial charge in [-0.1, -0.05) is 11.6 Å². The van der Waals surface area contributed by atoms with Crippen molar-refractivity contribution in [2.45, 2.75) is 31.4 Å². The number of ether oxygens (including phenoxy) is 1. The zero-order valence-electron chi connectivity index (χ0n) is 17.1. The SMILES string of the molecule is NC(=CC(=NC1C=CN=C(Cl)C1)C1=CC(F)CC(OC(F)(F)F)=C1)C(=O)N1CCNC(=O)C1. The molecule has 33 heavy (non-hydrogen) atoms. The van der Waals surface area contributed by atoms with E-state index in [4.69, 9.17) is 17.3 Å². The number of nitrogens with two attached hydrogens (primary N) is 1. The Balaban J connectivity index is 1.95. The van der Waals surface area contributed by atoms with E-state index in [1.807, 2.05) is 0 Å². The van der Waals surface area contributed by atoms with Gasteiger partial charge >= 0.3 is 6.36 Å². The third-order valence-electron chi connectivity index (χ3n) is 4.69. The van der Waals surface area contributed by atoms with Gasteiger partial charge in [-0.3, -0.25) is 14.6 Å². The summed E-state index contributed by atoms with van der Waals surface area (Å²) in [4.78, 5) is 33.7. The molecule has 0 radical (unpaired) electrons. The second-order valence-corrected chi connectivity index (χ2v) is 7.75. The molecule has 3 N–H and O–H groups in total. The molecule has 2 heterocycles. The first-order chi connectivity index (χ1) is 15.5. The van der Waals surface area contributed by atoms with Crippen LogP contribution in [-0.4, -0.2) is 65.8 Å².